The van der Waals surface area contributed by atoms with Crippen molar-refractivity contribution in [1.82, 2.24) is 15.2 Å². The van der Waals surface area contributed by atoms with Gasteiger partial charge in [-0.25, -0.2) is 9.78 Å². The zero-order chi connectivity index (χ0) is 21.6. The number of carbonyl (C=O) groups excluding carboxylic acids is 2. The number of likely N-dealkylation sites (tertiary alicyclic amines) is 1. The highest BCUT2D eigenvalue weighted by atomic mass is 16.6. The monoisotopic (exact) mass is 423 g/mol. The Morgan fingerprint density at radius 3 is 2.68 bits per heavy atom. The highest BCUT2D eigenvalue weighted by Crippen LogP contribution is 2.60. The fourth-order valence-corrected chi connectivity index (χ4v) is 6.70. The van der Waals surface area contributed by atoms with Gasteiger partial charge in [0.25, 0.3) is 0 Å². The van der Waals surface area contributed by atoms with E-state index in [0.29, 0.717) is 42.2 Å². The third-order valence-corrected chi connectivity index (χ3v) is 7.82. The van der Waals surface area contributed by atoms with Gasteiger partial charge in [0.05, 0.1) is 11.0 Å². The van der Waals surface area contributed by atoms with Crippen LogP contribution in [0.1, 0.15) is 44.1 Å². The van der Waals surface area contributed by atoms with E-state index < -0.39 is 0 Å². The third kappa shape index (κ3) is 3.60. The largest absolute Gasteiger partial charge is 0.446 e. The van der Waals surface area contributed by atoms with Crippen molar-refractivity contribution in [2.75, 3.05) is 25.5 Å². The van der Waals surface area contributed by atoms with E-state index in [1.165, 1.54) is 0 Å². The van der Waals surface area contributed by atoms with Gasteiger partial charge in [0.2, 0.25) is 5.91 Å². The van der Waals surface area contributed by atoms with Gasteiger partial charge in [0.1, 0.15) is 18.0 Å². The van der Waals surface area contributed by atoms with Gasteiger partial charge in [-0.15, -0.1) is 0 Å². The van der Waals surface area contributed by atoms with E-state index in [9.17, 15) is 9.59 Å². The Hall–Kier alpha value is -2.82. The van der Waals surface area contributed by atoms with E-state index in [-0.39, 0.29) is 29.6 Å². The Balaban J connectivity index is 1.18. The quantitative estimate of drug-likeness (QED) is 0.771. The normalized spacial score (nSPS) is 35.5. The van der Waals surface area contributed by atoms with Crippen LogP contribution in [0.5, 0.6) is 0 Å². The number of amides is 2. The highest BCUT2D eigenvalue weighted by molar-refractivity contribution is 5.83. The molecule has 1 saturated heterocycles. The molecule has 4 bridgehead atoms. The first kappa shape index (κ1) is 20.1. The summed E-state index contributed by atoms with van der Waals surface area (Å²) in [6.07, 6.45) is 6.89. The lowest BCUT2D eigenvalue weighted by molar-refractivity contribution is -0.164. The van der Waals surface area contributed by atoms with Crippen molar-refractivity contribution in [1.29, 1.82) is 5.26 Å². The first-order valence-electron chi connectivity index (χ1n) is 11.3. The van der Waals surface area contributed by atoms with Crippen LogP contribution >= 0.6 is 0 Å². The summed E-state index contributed by atoms with van der Waals surface area (Å²) in [5.41, 5.74) is 0.279. The summed E-state index contributed by atoms with van der Waals surface area (Å²) in [4.78, 5) is 31.5. The average molecular weight is 424 g/mol. The summed E-state index contributed by atoms with van der Waals surface area (Å²) >= 11 is 0. The summed E-state index contributed by atoms with van der Waals surface area (Å²) in [5.74, 6) is 2.06. The Morgan fingerprint density at radius 1 is 1.26 bits per heavy atom. The van der Waals surface area contributed by atoms with Crippen molar-refractivity contribution in [3.8, 4) is 6.07 Å². The maximum absolute atomic E-state index is 12.9. The van der Waals surface area contributed by atoms with Gasteiger partial charge in [-0.1, -0.05) is 0 Å². The van der Waals surface area contributed by atoms with Gasteiger partial charge in [0, 0.05) is 32.4 Å². The molecule has 164 valence electrons. The van der Waals surface area contributed by atoms with Crippen molar-refractivity contribution < 1.29 is 14.3 Å². The smallest absolute Gasteiger partial charge is 0.410 e. The summed E-state index contributed by atoms with van der Waals surface area (Å²) in [5, 5.41) is 15.1. The molecule has 2 N–H and O–H groups in total. The number of pyridine rings is 1. The molecule has 5 fully saturated rings. The van der Waals surface area contributed by atoms with Gasteiger partial charge in [0.15, 0.2) is 0 Å². The minimum Gasteiger partial charge on any atom is -0.446 e. The Labute approximate surface area is 182 Å². The summed E-state index contributed by atoms with van der Waals surface area (Å²) in [6.45, 7) is 1.23. The molecule has 4 saturated carbocycles. The zero-order valence-electron chi connectivity index (χ0n) is 17.8. The molecular weight excluding hydrogens is 394 g/mol. The number of carbonyl (C=O) groups is 2. The van der Waals surface area contributed by atoms with E-state index in [0.717, 1.165) is 38.5 Å². The minimum absolute atomic E-state index is 0.0611. The first-order chi connectivity index (χ1) is 15.0. The average Bonchev–Trinajstić information content (AvgIpc) is 3.24. The van der Waals surface area contributed by atoms with E-state index in [2.05, 4.69) is 21.7 Å². The molecule has 2 amide bonds. The molecule has 4 aliphatic carbocycles. The van der Waals surface area contributed by atoms with Gasteiger partial charge < -0.3 is 20.3 Å². The van der Waals surface area contributed by atoms with E-state index in [1.807, 2.05) is 0 Å². The third-order valence-electron chi connectivity index (χ3n) is 7.82. The van der Waals surface area contributed by atoms with Gasteiger partial charge in [-0.2, -0.15) is 5.26 Å². The Bertz CT molecular complexity index is 895. The number of hydrogen-bond donors (Lipinski definition) is 2. The Morgan fingerprint density at radius 2 is 2.03 bits per heavy atom. The zero-order valence-corrected chi connectivity index (χ0v) is 17.8. The molecule has 6 atom stereocenters. The summed E-state index contributed by atoms with van der Waals surface area (Å²) in [7, 11) is 1.73. The Kier molecular flexibility index (Phi) is 4.99. The molecule has 1 aliphatic heterocycles. The highest BCUT2D eigenvalue weighted by Gasteiger charge is 2.59. The number of anilines is 1. The lowest BCUT2D eigenvalue weighted by Gasteiger charge is -2.58. The molecule has 0 spiro atoms. The van der Waals surface area contributed by atoms with Crippen LogP contribution in [0.4, 0.5) is 10.6 Å². The molecule has 8 nitrogen and oxygen atoms in total. The number of rotatable bonds is 4. The second-order valence-electron chi connectivity index (χ2n) is 9.80. The first-order valence-corrected chi connectivity index (χ1v) is 11.3. The molecule has 1 aromatic heterocycles. The molecule has 1 aromatic rings. The lowest BCUT2D eigenvalue weighted by atomic mass is 9.48. The summed E-state index contributed by atoms with van der Waals surface area (Å²) < 4.78 is 6.07. The van der Waals surface area contributed by atoms with Crippen molar-refractivity contribution in [2.24, 2.45) is 23.2 Å². The lowest BCUT2D eigenvalue weighted by Crippen LogP contribution is -2.59. The number of hydrogen-bond acceptors (Lipinski definition) is 6. The standard InChI is InChI=1S/C23H29N5O3/c1-25-21(29)23-8-15-6-16(9-23)20(17(7-15)10-23)31-22(30)28-5-4-18(13-28)27-19-3-2-14(11-24)12-26-19/h2-3,12,15-18,20H,4-10,13H2,1H3,(H,25,29)(H,26,27)/t15?,16-,17?,18?,20?,23?/m1/s1. The van der Waals surface area contributed by atoms with E-state index in [1.54, 1.807) is 30.3 Å². The van der Waals surface area contributed by atoms with E-state index >= 15 is 0 Å². The minimum atomic E-state index is -0.245. The van der Waals surface area contributed by atoms with Gasteiger partial charge >= 0.3 is 6.09 Å². The predicted octanol–water partition coefficient (Wildman–Crippen LogP) is 2.52. The van der Waals surface area contributed by atoms with E-state index in [4.69, 9.17) is 10.00 Å². The van der Waals surface area contributed by atoms with Crippen LogP contribution in [0.25, 0.3) is 0 Å². The fourth-order valence-electron chi connectivity index (χ4n) is 6.70. The maximum atomic E-state index is 12.9. The van der Waals surface area contributed by atoms with Crippen molar-refractivity contribution in [3.63, 3.8) is 0 Å². The number of aromatic nitrogens is 1. The van der Waals surface area contributed by atoms with Gasteiger partial charge in [-0.3, -0.25) is 4.79 Å². The number of ether oxygens (including phenoxy) is 1. The number of nitrogens with one attached hydrogen (secondary N) is 2. The molecule has 0 radical (unpaired) electrons. The summed E-state index contributed by atoms with van der Waals surface area (Å²) in [6, 6.07) is 5.69. The van der Waals surface area contributed by atoms with Crippen molar-refractivity contribution in [3.05, 3.63) is 23.9 Å². The van der Waals surface area contributed by atoms with Crippen LogP contribution in [0.2, 0.25) is 0 Å². The second kappa shape index (κ2) is 7.70. The van der Waals surface area contributed by atoms with Crippen molar-refractivity contribution >= 4 is 17.8 Å². The molecule has 5 aliphatic rings. The SMILES string of the molecule is CNC(=O)C12CC3CC(C1)C(OC(=O)N1CCC(Nc4ccc(C#N)cn4)C1)[C@H](C3)C2. The van der Waals surface area contributed by atoms with Crippen LogP contribution in [-0.2, 0) is 9.53 Å². The molecule has 6 rings (SSSR count). The van der Waals surface area contributed by atoms with Crippen LogP contribution in [0.3, 0.4) is 0 Å². The van der Waals surface area contributed by atoms with Crippen molar-refractivity contribution in [2.45, 2.75) is 50.7 Å². The van der Waals surface area contributed by atoms with Crippen LogP contribution < -0.4 is 10.6 Å². The number of nitrogens with zero attached hydrogens (tertiary/aromatic N) is 3. The maximum Gasteiger partial charge on any atom is 0.410 e. The molecule has 2 heterocycles. The number of nitriles is 1. The topological polar surface area (TPSA) is 107 Å². The second-order valence-corrected chi connectivity index (χ2v) is 9.80. The predicted molar refractivity (Wildman–Crippen MR) is 113 cm³/mol. The molecule has 31 heavy (non-hydrogen) atoms. The fraction of sp³-hybridized carbons (Fsp3) is 0.652. The molecular formula is C23H29N5O3. The van der Waals surface area contributed by atoms with Crippen LogP contribution in [0, 0.1) is 34.5 Å². The van der Waals surface area contributed by atoms with Crippen LogP contribution in [0.15, 0.2) is 18.3 Å². The van der Waals surface area contributed by atoms with Crippen LogP contribution in [-0.4, -0.2) is 54.2 Å². The molecule has 5 unspecified atom stereocenters. The molecule has 0 aromatic carbocycles. The molecule has 8 heteroatoms. The van der Waals surface area contributed by atoms with Gasteiger partial charge in [-0.05, 0) is 68.4 Å².